The minimum atomic E-state index is -0.501. The number of aromatic nitrogens is 1. The Hall–Kier alpha value is -3.48. The van der Waals surface area contributed by atoms with Gasteiger partial charge in [-0.25, -0.2) is 4.79 Å². The van der Waals surface area contributed by atoms with Gasteiger partial charge < -0.3 is 15.4 Å². The van der Waals surface area contributed by atoms with Crippen LogP contribution in [0.1, 0.15) is 31.1 Å². The maximum absolute atomic E-state index is 12.3. The second-order valence-corrected chi connectivity index (χ2v) is 4.99. The lowest BCUT2D eigenvalue weighted by molar-refractivity contribution is 0.0600. The Bertz CT molecular complexity index is 817. The fourth-order valence-corrected chi connectivity index (χ4v) is 2.00. The van der Waals surface area contributed by atoms with Crippen molar-refractivity contribution in [3.05, 3.63) is 72.1 Å². The first kappa shape index (κ1) is 17.9. The van der Waals surface area contributed by atoms with Gasteiger partial charge in [0.1, 0.15) is 0 Å². The van der Waals surface area contributed by atoms with Crippen LogP contribution in [0, 0.1) is 0 Å². The van der Waals surface area contributed by atoms with Gasteiger partial charge in [-0.2, -0.15) is 0 Å². The first-order valence-corrected chi connectivity index (χ1v) is 7.39. The molecule has 0 aliphatic rings. The van der Waals surface area contributed by atoms with Crippen LogP contribution in [0.15, 0.2) is 55.4 Å². The monoisotopic (exact) mass is 339 g/mol. The van der Waals surface area contributed by atoms with E-state index in [2.05, 4.69) is 26.9 Å². The van der Waals surface area contributed by atoms with Crippen molar-refractivity contribution in [2.24, 2.45) is 0 Å². The van der Waals surface area contributed by atoms with Crippen molar-refractivity contribution >= 4 is 23.5 Å². The van der Waals surface area contributed by atoms with E-state index in [-0.39, 0.29) is 17.0 Å². The maximum atomic E-state index is 12.3. The zero-order valence-corrected chi connectivity index (χ0v) is 13.6. The standard InChI is InChI=1S/C18H17N3O4/c1-3-7-20-16(22)13-8-14(11-19-10-13)17(23)21-15-6-4-5-12(9-15)18(24)25-2/h3-6,8-11H,1,7H2,2H3,(H,20,22)(H,21,23). The van der Waals surface area contributed by atoms with Crippen molar-refractivity contribution < 1.29 is 19.1 Å². The molecule has 0 aliphatic carbocycles. The van der Waals surface area contributed by atoms with Gasteiger partial charge in [-0.15, -0.1) is 6.58 Å². The van der Waals surface area contributed by atoms with E-state index in [9.17, 15) is 14.4 Å². The van der Waals surface area contributed by atoms with Gasteiger partial charge in [-0.3, -0.25) is 14.6 Å². The van der Waals surface area contributed by atoms with Crippen LogP contribution in [0.3, 0.4) is 0 Å². The van der Waals surface area contributed by atoms with Crippen LogP contribution in [0.2, 0.25) is 0 Å². The molecule has 25 heavy (non-hydrogen) atoms. The van der Waals surface area contributed by atoms with Crippen molar-refractivity contribution in [3.63, 3.8) is 0 Å². The molecule has 2 rings (SSSR count). The fraction of sp³-hybridized carbons (Fsp3) is 0.111. The highest BCUT2D eigenvalue weighted by Crippen LogP contribution is 2.13. The molecule has 1 aromatic heterocycles. The van der Waals surface area contributed by atoms with Gasteiger partial charge in [0.25, 0.3) is 11.8 Å². The molecule has 7 heteroatoms. The smallest absolute Gasteiger partial charge is 0.337 e. The third-order valence-corrected chi connectivity index (χ3v) is 3.21. The summed E-state index contributed by atoms with van der Waals surface area (Å²) in [5, 5.41) is 5.26. The zero-order valence-electron chi connectivity index (χ0n) is 13.6. The first-order valence-electron chi connectivity index (χ1n) is 7.39. The van der Waals surface area contributed by atoms with Crippen LogP contribution in [-0.4, -0.2) is 36.4 Å². The highest BCUT2D eigenvalue weighted by atomic mass is 16.5. The number of esters is 1. The quantitative estimate of drug-likeness (QED) is 0.620. The molecular weight excluding hydrogens is 322 g/mol. The average molecular weight is 339 g/mol. The molecule has 0 bridgehead atoms. The molecule has 0 fully saturated rings. The molecule has 7 nitrogen and oxygen atoms in total. The molecule has 0 saturated carbocycles. The lowest BCUT2D eigenvalue weighted by Crippen LogP contribution is -2.24. The minimum Gasteiger partial charge on any atom is -0.465 e. The van der Waals surface area contributed by atoms with Crippen LogP contribution in [0.25, 0.3) is 0 Å². The third kappa shape index (κ3) is 4.74. The predicted molar refractivity (Wildman–Crippen MR) is 92.5 cm³/mol. The molecule has 0 saturated heterocycles. The van der Waals surface area contributed by atoms with E-state index in [0.717, 1.165) is 0 Å². The number of anilines is 1. The lowest BCUT2D eigenvalue weighted by Gasteiger charge is -2.08. The number of carbonyl (C=O) groups is 3. The normalized spacial score (nSPS) is 9.80. The van der Waals surface area contributed by atoms with E-state index in [1.807, 2.05) is 0 Å². The van der Waals surface area contributed by atoms with Crippen LogP contribution >= 0.6 is 0 Å². The predicted octanol–water partition coefficient (Wildman–Crippen LogP) is 2.04. The molecule has 0 radical (unpaired) electrons. The van der Waals surface area contributed by atoms with Crippen LogP contribution in [-0.2, 0) is 4.74 Å². The Morgan fingerprint density at radius 3 is 2.52 bits per heavy atom. The summed E-state index contributed by atoms with van der Waals surface area (Å²) in [7, 11) is 1.28. The number of ether oxygens (including phenoxy) is 1. The summed E-state index contributed by atoms with van der Waals surface area (Å²) in [4.78, 5) is 39.7. The Kier molecular flexibility index (Phi) is 6.00. The van der Waals surface area contributed by atoms with Gasteiger partial charge >= 0.3 is 5.97 Å². The van der Waals surface area contributed by atoms with E-state index in [0.29, 0.717) is 17.8 Å². The van der Waals surface area contributed by atoms with Gasteiger partial charge in [-0.1, -0.05) is 12.1 Å². The number of rotatable bonds is 6. The highest BCUT2D eigenvalue weighted by Gasteiger charge is 2.12. The molecule has 2 amide bonds. The fourth-order valence-electron chi connectivity index (χ4n) is 2.00. The van der Waals surface area contributed by atoms with Crippen molar-refractivity contribution in [3.8, 4) is 0 Å². The number of benzene rings is 1. The van der Waals surface area contributed by atoms with Crippen molar-refractivity contribution in [1.82, 2.24) is 10.3 Å². The summed E-state index contributed by atoms with van der Waals surface area (Å²) in [5.41, 5.74) is 1.22. The molecule has 1 heterocycles. The van der Waals surface area contributed by atoms with E-state index >= 15 is 0 Å². The van der Waals surface area contributed by atoms with Gasteiger partial charge in [-0.05, 0) is 24.3 Å². The summed E-state index contributed by atoms with van der Waals surface area (Å²) in [5.74, 6) is -1.30. The Balaban J connectivity index is 2.14. The number of nitrogens with one attached hydrogen (secondary N) is 2. The maximum Gasteiger partial charge on any atom is 0.337 e. The van der Waals surface area contributed by atoms with Crippen molar-refractivity contribution in [1.29, 1.82) is 0 Å². The second-order valence-electron chi connectivity index (χ2n) is 4.99. The lowest BCUT2D eigenvalue weighted by atomic mass is 10.1. The van der Waals surface area contributed by atoms with E-state index in [4.69, 9.17) is 0 Å². The average Bonchev–Trinajstić information content (AvgIpc) is 2.65. The molecule has 0 atom stereocenters. The Labute approximate surface area is 144 Å². The topological polar surface area (TPSA) is 97.4 Å². The molecule has 0 unspecified atom stereocenters. The van der Waals surface area contributed by atoms with Crippen LogP contribution in [0.5, 0.6) is 0 Å². The summed E-state index contributed by atoms with van der Waals surface area (Å²) in [6.07, 6.45) is 4.27. The Morgan fingerprint density at radius 1 is 1.12 bits per heavy atom. The largest absolute Gasteiger partial charge is 0.465 e. The molecule has 1 aromatic carbocycles. The number of methoxy groups -OCH3 is 1. The van der Waals surface area contributed by atoms with Crippen LogP contribution < -0.4 is 10.6 Å². The minimum absolute atomic E-state index is 0.217. The van der Waals surface area contributed by atoms with E-state index < -0.39 is 11.9 Å². The molecule has 128 valence electrons. The Morgan fingerprint density at radius 2 is 1.84 bits per heavy atom. The summed E-state index contributed by atoms with van der Waals surface area (Å²) in [6, 6.07) is 7.77. The molecule has 0 spiro atoms. The van der Waals surface area contributed by atoms with Crippen molar-refractivity contribution in [2.75, 3.05) is 19.0 Å². The van der Waals surface area contributed by atoms with E-state index in [1.54, 1.807) is 24.3 Å². The number of amides is 2. The highest BCUT2D eigenvalue weighted by molar-refractivity contribution is 6.06. The SMILES string of the molecule is C=CCNC(=O)c1cncc(C(=O)Nc2cccc(C(=O)OC)c2)c1. The molecule has 2 N–H and O–H groups in total. The van der Waals surface area contributed by atoms with Gasteiger partial charge in [0, 0.05) is 24.6 Å². The summed E-state index contributed by atoms with van der Waals surface area (Å²) >= 11 is 0. The van der Waals surface area contributed by atoms with Gasteiger partial charge in [0.05, 0.1) is 23.8 Å². The second kappa shape index (κ2) is 8.39. The molecular formula is C18H17N3O4. The third-order valence-electron chi connectivity index (χ3n) is 3.21. The summed E-state index contributed by atoms with van der Waals surface area (Å²) in [6.45, 7) is 3.83. The zero-order chi connectivity index (χ0) is 18.2. The summed E-state index contributed by atoms with van der Waals surface area (Å²) < 4.78 is 4.64. The molecule has 0 aliphatic heterocycles. The number of nitrogens with zero attached hydrogens (tertiary/aromatic N) is 1. The van der Waals surface area contributed by atoms with Gasteiger partial charge in [0.2, 0.25) is 0 Å². The number of carbonyl (C=O) groups excluding carboxylic acids is 3. The van der Waals surface area contributed by atoms with Crippen LogP contribution in [0.4, 0.5) is 5.69 Å². The van der Waals surface area contributed by atoms with Gasteiger partial charge in [0.15, 0.2) is 0 Å². The first-order chi connectivity index (χ1) is 12.0. The number of pyridine rings is 1. The number of hydrogen-bond acceptors (Lipinski definition) is 5. The van der Waals surface area contributed by atoms with E-state index in [1.165, 1.54) is 31.6 Å². The molecule has 2 aromatic rings. The number of hydrogen-bond donors (Lipinski definition) is 2. The van der Waals surface area contributed by atoms with Crippen molar-refractivity contribution in [2.45, 2.75) is 0 Å².